The number of anilines is 3. The van der Waals surface area contributed by atoms with Gasteiger partial charge in [-0.1, -0.05) is 23.5 Å². The van der Waals surface area contributed by atoms with Gasteiger partial charge in [0.05, 0.1) is 11.8 Å². The van der Waals surface area contributed by atoms with Crippen molar-refractivity contribution in [3.63, 3.8) is 0 Å². The van der Waals surface area contributed by atoms with Gasteiger partial charge < -0.3 is 10.6 Å². The molecule has 0 fully saturated rings. The molecule has 3 N–H and O–H groups in total. The van der Waals surface area contributed by atoms with Gasteiger partial charge in [0, 0.05) is 19.3 Å². The standard InChI is InChI=1S/C14H18N4OS/c1-4-16-10-7-5-6-9(2)12(10)13(19)18-14-17-8-11(15-3)20-14/h5-8,15-16H,4H2,1-3H3,(H,17,18,19). The number of aryl methyl sites for hydroxylation is 1. The van der Waals surface area contributed by atoms with E-state index in [0.29, 0.717) is 10.7 Å². The van der Waals surface area contributed by atoms with Crippen LogP contribution in [0.25, 0.3) is 0 Å². The molecule has 0 unspecified atom stereocenters. The number of nitrogens with one attached hydrogen (secondary N) is 3. The summed E-state index contributed by atoms with van der Waals surface area (Å²) < 4.78 is 0. The second kappa shape index (κ2) is 6.38. The van der Waals surface area contributed by atoms with Crippen molar-refractivity contribution in [2.24, 2.45) is 0 Å². The molecule has 0 saturated carbocycles. The van der Waals surface area contributed by atoms with Crippen LogP contribution in [0.15, 0.2) is 24.4 Å². The van der Waals surface area contributed by atoms with Gasteiger partial charge in [0.15, 0.2) is 5.13 Å². The molecule has 0 spiro atoms. The van der Waals surface area contributed by atoms with Crippen molar-refractivity contribution >= 4 is 33.1 Å². The third-order valence-corrected chi connectivity index (χ3v) is 3.77. The summed E-state index contributed by atoms with van der Waals surface area (Å²) in [6, 6.07) is 5.77. The Bertz CT molecular complexity index is 609. The molecular weight excluding hydrogens is 272 g/mol. The van der Waals surface area contributed by atoms with Crippen molar-refractivity contribution < 1.29 is 4.79 Å². The minimum absolute atomic E-state index is 0.143. The predicted octanol–water partition coefficient (Wildman–Crippen LogP) is 3.18. The summed E-state index contributed by atoms with van der Waals surface area (Å²) in [4.78, 5) is 16.6. The fourth-order valence-corrected chi connectivity index (χ4v) is 2.58. The molecule has 0 aliphatic heterocycles. The van der Waals surface area contributed by atoms with Crippen LogP contribution in [0.3, 0.4) is 0 Å². The monoisotopic (exact) mass is 290 g/mol. The van der Waals surface area contributed by atoms with E-state index in [1.165, 1.54) is 11.3 Å². The van der Waals surface area contributed by atoms with Gasteiger partial charge in [-0.05, 0) is 25.5 Å². The average molecular weight is 290 g/mol. The first-order chi connectivity index (χ1) is 9.65. The zero-order valence-corrected chi connectivity index (χ0v) is 12.6. The fraction of sp³-hybridized carbons (Fsp3) is 0.286. The number of aromatic nitrogens is 1. The van der Waals surface area contributed by atoms with E-state index in [-0.39, 0.29) is 5.91 Å². The first-order valence-electron chi connectivity index (χ1n) is 6.44. The van der Waals surface area contributed by atoms with Crippen LogP contribution in [0.5, 0.6) is 0 Å². The van der Waals surface area contributed by atoms with Crippen molar-refractivity contribution in [2.75, 3.05) is 29.5 Å². The molecular formula is C14H18N4OS. The van der Waals surface area contributed by atoms with Crippen LogP contribution in [0, 0.1) is 6.92 Å². The molecule has 0 radical (unpaired) electrons. The second-order valence-electron chi connectivity index (χ2n) is 4.26. The number of carbonyl (C=O) groups excluding carboxylic acids is 1. The summed E-state index contributed by atoms with van der Waals surface area (Å²) in [7, 11) is 1.82. The van der Waals surface area contributed by atoms with Gasteiger partial charge in [0.25, 0.3) is 5.91 Å². The van der Waals surface area contributed by atoms with Gasteiger partial charge >= 0.3 is 0 Å². The molecule has 106 valence electrons. The van der Waals surface area contributed by atoms with E-state index >= 15 is 0 Å². The number of carbonyl (C=O) groups is 1. The number of hydrogen-bond donors (Lipinski definition) is 3. The van der Waals surface area contributed by atoms with Crippen LogP contribution in [0.2, 0.25) is 0 Å². The third kappa shape index (κ3) is 3.08. The quantitative estimate of drug-likeness (QED) is 0.791. The Hall–Kier alpha value is -2.08. The molecule has 5 nitrogen and oxygen atoms in total. The smallest absolute Gasteiger partial charge is 0.259 e. The molecule has 1 amide bonds. The highest BCUT2D eigenvalue weighted by Crippen LogP contribution is 2.25. The van der Waals surface area contributed by atoms with E-state index in [0.717, 1.165) is 22.8 Å². The maximum Gasteiger partial charge on any atom is 0.259 e. The number of thiazole rings is 1. The molecule has 0 saturated heterocycles. The van der Waals surface area contributed by atoms with E-state index in [4.69, 9.17) is 0 Å². The SMILES string of the molecule is CCNc1cccc(C)c1C(=O)Nc1ncc(NC)s1. The molecule has 20 heavy (non-hydrogen) atoms. The summed E-state index contributed by atoms with van der Waals surface area (Å²) in [5.74, 6) is -0.143. The largest absolute Gasteiger partial charge is 0.385 e. The minimum Gasteiger partial charge on any atom is -0.385 e. The highest BCUT2D eigenvalue weighted by molar-refractivity contribution is 7.19. The predicted molar refractivity (Wildman–Crippen MR) is 85.0 cm³/mol. The summed E-state index contributed by atoms with van der Waals surface area (Å²) in [5.41, 5.74) is 2.44. The van der Waals surface area contributed by atoms with Gasteiger partial charge in [0.2, 0.25) is 0 Å². The first-order valence-corrected chi connectivity index (χ1v) is 7.25. The van der Waals surface area contributed by atoms with E-state index in [9.17, 15) is 4.79 Å². The molecule has 0 bridgehead atoms. The van der Waals surface area contributed by atoms with Gasteiger partial charge in [-0.15, -0.1) is 0 Å². The van der Waals surface area contributed by atoms with Crippen molar-refractivity contribution in [3.05, 3.63) is 35.5 Å². The second-order valence-corrected chi connectivity index (χ2v) is 5.29. The lowest BCUT2D eigenvalue weighted by atomic mass is 10.1. The number of hydrogen-bond acceptors (Lipinski definition) is 5. The summed E-state index contributed by atoms with van der Waals surface area (Å²) in [5, 5.41) is 10.5. The molecule has 0 aliphatic carbocycles. The third-order valence-electron chi connectivity index (χ3n) is 2.84. The Kier molecular flexibility index (Phi) is 4.57. The van der Waals surface area contributed by atoms with Crippen LogP contribution in [-0.4, -0.2) is 24.5 Å². The van der Waals surface area contributed by atoms with Gasteiger partial charge in [-0.2, -0.15) is 0 Å². The Morgan fingerprint density at radius 1 is 1.40 bits per heavy atom. The summed E-state index contributed by atoms with van der Waals surface area (Å²) in [6.45, 7) is 4.70. The fourth-order valence-electron chi connectivity index (χ4n) is 1.91. The molecule has 2 rings (SSSR count). The van der Waals surface area contributed by atoms with E-state index in [1.54, 1.807) is 6.20 Å². The zero-order chi connectivity index (χ0) is 14.5. The first kappa shape index (κ1) is 14.3. The lowest BCUT2D eigenvalue weighted by Crippen LogP contribution is -2.16. The van der Waals surface area contributed by atoms with Gasteiger partial charge in [-0.3, -0.25) is 10.1 Å². The van der Waals surface area contributed by atoms with Crippen LogP contribution in [-0.2, 0) is 0 Å². The number of nitrogens with zero attached hydrogens (tertiary/aromatic N) is 1. The van der Waals surface area contributed by atoms with Crippen LogP contribution < -0.4 is 16.0 Å². The number of benzene rings is 1. The van der Waals surface area contributed by atoms with Crippen LogP contribution in [0.4, 0.5) is 15.8 Å². The summed E-state index contributed by atoms with van der Waals surface area (Å²) in [6.07, 6.45) is 1.70. The topological polar surface area (TPSA) is 66.0 Å². The lowest BCUT2D eigenvalue weighted by Gasteiger charge is -2.12. The molecule has 0 aliphatic rings. The zero-order valence-electron chi connectivity index (χ0n) is 11.8. The number of amides is 1. The number of rotatable bonds is 5. The van der Waals surface area contributed by atoms with Gasteiger partial charge in [0.1, 0.15) is 5.00 Å². The van der Waals surface area contributed by atoms with E-state index < -0.39 is 0 Å². The minimum atomic E-state index is -0.143. The maximum atomic E-state index is 12.4. The Morgan fingerprint density at radius 3 is 2.85 bits per heavy atom. The highest BCUT2D eigenvalue weighted by Gasteiger charge is 2.15. The van der Waals surface area contributed by atoms with Crippen LogP contribution >= 0.6 is 11.3 Å². The Balaban J connectivity index is 2.24. The van der Waals surface area contributed by atoms with Crippen LogP contribution in [0.1, 0.15) is 22.8 Å². The molecule has 6 heteroatoms. The Labute approximate surface area is 122 Å². The van der Waals surface area contributed by atoms with Gasteiger partial charge in [-0.25, -0.2) is 4.98 Å². The normalized spacial score (nSPS) is 10.2. The lowest BCUT2D eigenvalue weighted by molar-refractivity contribution is 0.102. The average Bonchev–Trinajstić information content (AvgIpc) is 2.86. The molecule has 1 aromatic heterocycles. The summed E-state index contributed by atoms with van der Waals surface area (Å²) >= 11 is 1.41. The molecule has 1 heterocycles. The van der Waals surface area contributed by atoms with Crippen molar-refractivity contribution in [2.45, 2.75) is 13.8 Å². The Morgan fingerprint density at radius 2 is 2.20 bits per heavy atom. The molecule has 0 atom stereocenters. The van der Waals surface area contributed by atoms with E-state index in [1.807, 2.05) is 39.1 Å². The molecule has 1 aromatic carbocycles. The molecule has 2 aromatic rings. The maximum absolute atomic E-state index is 12.4. The van der Waals surface area contributed by atoms with Crippen molar-refractivity contribution in [1.29, 1.82) is 0 Å². The van der Waals surface area contributed by atoms with Crippen molar-refractivity contribution in [3.8, 4) is 0 Å². The highest BCUT2D eigenvalue weighted by atomic mass is 32.1. The van der Waals surface area contributed by atoms with E-state index in [2.05, 4.69) is 20.9 Å². The van der Waals surface area contributed by atoms with Crippen molar-refractivity contribution in [1.82, 2.24) is 4.98 Å².